The normalized spacial score (nSPS) is 17.0. The van der Waals surface area contributed by atoms with Crippen LogP contribution in [0.3, 0.4) is 0 Å². The number of azide groups is 1. The summed E-state index contributed by atoms with van der Waals surface area (Å²) in [7, 11) is 1.69. The zero-order valence-electron chi connectivity index (χ0n) is 12.4. The first-order valence-corrected chi connectivity index (χ1v) is 6.93. The van der Waals surface area contributed by atoms with Gasteiger partial charge in [0.05, 0.1) is 24.2 Å². The van der Waals surface area contributed by atoms with Crippen LogP contribution in [0.5, 0.6) is 0 Å². The van der Waals surface area contributed by atoms with Crippen molar-refractivity contribution < 1.29 is 4.74 Å². The fourth-order valence-corrected chi connectivity index (χ4v) is 2.98. The van der Waals surface area contributed by atoms with Crippen LogP contribution in [0, 0.1) is 6.92 Å². The zero-order valence-corrected chi connectivity index (χ0v) is 12.4. The van der Waals surface area contributed by atoms with E-state index in [2.05, 4.69) is 27.3 Å². The van der Waals surface area contributed by atoms with Gasteiger partial charge < -0.3 is 4.74 Å². The number of nitrogens with zero attached hydrogens (tertiary/aromatic N) is 5. The van der Waals surface area contributed by atoms with E-state index >= 15 is 0 Å². The summed E-state index contributed by atoms with van der Waals surface area (Å²) in [4.78, 5) is 2.86. The molecule has 108 valence electrons. The van der Waals surface area contributed by atoms with Crippen molar-refractivity contribution in [1.29, 1.82) is 0 Å². The molecule has 1 unspecified atom stereocenters. The van der Waals surface area contributed by atoms with E-state index in [1.165, 1.54) is 10.8 Å². The van der Waals surface area contributed by atoms with Crippen molar-refractivity contribution in [3.8, 4) is 0 Å². The molecule has 0 radical (unpaired) electrons. The lowest BCUT2D eigenvalue weighted by Gasteiger charge is -2.12. The molecule has 2 aliphatic carbocycles. The smallest absolute Gasteiger partial charge is 0.126 e. The molecule has 0 aliphatic heterocycles. The topological polar surface area (TPSA) is 75.8 Å². The molecule has 21 heavy (non-hydrogen) atoms. The Morgan fingerprint density at radius 3 is 3.10 bits per heavy atom. The molecule has 2 aliphatic rings. The van der Waals surface area contributed by atoms with Crippen LogP contribution in [0.4, 0.5) is 0 Å². The molecule has 0 bridgehead atoms. The minimum atomic E-state index is -0.131. The lowest BCUT2D eigenvalue weighted by atomic mass is 9.98. The highest BCUT2D eigenvalue weighted by Crippen LogP contribution is 2.28. The maximum absolute atomic E-state index is 8.53. The Kier molecular flexibility index (Phi) is 3.31. The first-order chi connectivity index (χ1) is 10.2. The molecule has 0 spiro atoms. The van der Waals surface area contributed by atoms with E-state index in [4.69, 9.17) is 10.3 Å². The number of methoxy groups -OCH3 is 1. The molecule has 6 nitrogen and oxygen atoms in total. The average molecular weight is 283 g/mol. The summed E-state index contributed by atoms with van der Waals surface area (Å²) in [6.45, 7) is 4.48. The zero-order chi connectivity index (χ0) is 15.0. The average Bonchev–Trinajstić information content (AvgIpc) is 2.98. The van der Waals surface area contributed by atoms with Gasteiger partial charge in [0.1, 0.15) is 5.76 Å². The third kappa shape index (κ3) is 2.14. The standard InChI is InChI=1S/C15H17N5O/c1-9(17-19-16)8-20-13-7-12-11(15(13)10(2)18-20)5-4-6-14(12)21-3/h4,6-7,9H,5,8H2,1-3H3. The molecule has 0 fully saturated rings. The largest absolute Gasteiger partial charge is 0.496 e. The molecule has 3 rings (SSSR count). The summed E-state index contributed by atoms with van der Waals surface area (Å²) in [6.07, 6.45) is 7.14. The molecule has 1 aromatic rings. The van der Waals surface area contributed by atoms with Crippen LogP contribution in [0.15, 0.2) is 28.6 Å². The van der Waals surface area contributed by atoms with Gasteiger partial charge >= 0.3 is 0 Å². The van der Waals surface area contributed by atoms with E-state index in [9.17, 15) is 0 Å². The number of fused-ring (bicyclic) bond motifs is 2. The predicted molar refractivity (Wildman–Crippen MR) is 80.5 cm³/mol. The number of ether oxygens (including phenoxy) is 1. The van der Waals surface area contributed by atoms with Crippen LogP contribution in [0.2, 0.25) is 0 Å². The van der Waals surface area contributed by atoms with E-state index in [-0.39, 0.29) is 6.04 Å². The highest BCUT2D eigenvalue weighted by Gasteiger charge is 2.22. The quantitative estimate of drug-likeness (QED) is 0.479. The van der Waals surface area contributed by atoms with Gasteiger partial charge in [0.25, 0.3) is 0 Å². The summed E-state index contributed by atoms with van der Waals surface area (Å²) >= 11 is 0. The number of aromatic nitrogens is 2. The molecule has 0 N–H and O–H groups in total. The summed E-state index contributed by atoms with van der Waals surface area (Å²) in [5.41, 5.74) is 11.9. The number of hydrogen-bond donors (Lipinski definition) is 0. The molecule has 1 aromatic heterocycles. The summed E-state index contributed by atoms with van der Waals surface area (Å²) in [5.74, 6) is 0.890. The summed E-state index contributed by atoms with van der Waals surface area (Å²) in [5, 5.41) is 10.6. The molecule has 1 heterocycles. The Hall–Kier alpha value is -2.46. The monoisotopic (exact) mass is 283 g/mol. The van der Waals surface area contributed by atoms with Crippen LogP contribution in [-0.2, 0) is 11.3 Å². The SMILES string of the molecule is COC1=C2C=c3c(c(C)nn3CC(C)N=[N+]=[N-])=C2CC=C1. The van der Waals surface area contributed by atoms with E-state index < -0.39 is 0 Å². The second-order valence-corrected chi connectivity index (χ2v) is 5.29. The van der Waals surface area contributed by atoms with Gasteiger partial charge in [-0.2, -0.15) is 5.10 Å². The van der Waals surface area contributed by atoms with Gasteiger partial charge in [0.15, 0.2) is 0 Å². The Morgan fingerprint density at radius 2 is 2.38 bits per heavy atom. The van der Waals surface area contributed by atoms with Gasteiger partial charge in [-0.15, -0.1) is 0 Å². The molecule has 0 amide bonds. The minimum Gasteiger partial charge on any atom is -0.496 e. The third-order valence-electron chi connectivity index (χ3n) is 3.84. The first-order valence-electron chi connectivity index (χ1n) is 6.93. The molecular formula is C15H17N5O. The van der Waals surface area contributed by atoms with Crippen LogP contribution < -0.4 is 10.6 Å². The van der Waals surface area contributed by atoms with Crippen LogP contribution >= 0.6 is 0 Å². The summed E-state index contributed by atoms with van der Waals surface area (Å²) in [6, 6.07) is -0.131. The van der Waals surface area contributed by atoms with Crippen LogP contribution in [0.25, 0.3) is 22.1 Å². The summed E-state index contributed by atoms with van der Waals surface area (Å²) < 4.78 is 7.38. The maximum atomic E-state index is 8.53. The Morgan fingerprint density at radius 1 is 1.57 bits per heavy atom. The van der Waals surface area contributed by atoms with Gasteiger partial charge in [-0.1, -0.05) is 18.1 Å². The molecule has 0 aromatic carbocycles. The van der Waals surface area contributed by atoms with Gasteiger partial charge in [-0.05, 0) is 36.6 Å². The second-order valence-electron chi connectivity index (χ2n) is 5.29. The first kappa shape index (κ1) is 13.5. The molecule has 0 saturated carbocycles. The van der Waals surface area contributed by atoms with Gasteiger partial charge in [0.2, 0.25) is 0 Å². The number of rotatable bonds is 4. The number of hydrogen-bond acceptors (Lipinski definition) is 3. The number of allylic oxidation sites excluding steroid dienone is 3. The van der Waals surface area contributed by atoms with Crippen molar-refractivity contribution in [3.63, 3.8) is 0 Å². The fourth-order valence-electron chi connectivity index (χ4n) is 2.98. The molecule has 0 saturated heterocycles. The fraction of sp³-hybridized carbons (Fsp3) is 0.400. The number of aryl methyl sites for hydroxylation is 1. The van der Waals surface area contributed by atoms with Crippen LogP contribution in [0.1, 0.15) is 19.0 Å². The minimum absolute atomic E-state index is 0.131. The Bertz CT molecular complexity index is 821. The van der Waals surface area contributed by atoms with Crippen molar-refractivity contribution >= 4 is 11.6 Å². The highest BCUT2D eigenvalue weighted by atomic mass is 16.5. The van der Waals surface area contributed by atoms with Crippen LogP contribution in [-0.4, -0.2) is 22.9 Å². The lowest BCUT2D eigenvalue weighted by Crippen LogP contribution is -2.30. The van der Waals surface area contributed by atoms with Crippen molar-refractivity contribution in [3.05, 3.63) is 50.2 Å². The van der Waals surface area contributed by atoms with Gasteiger partial charge in [-0.25, -0.2) is 0 Å². The van der Waals surface area contributed by atoms with Crippen molar-refractivity contribution in [1.82, 2.24) is 9.78 Å². The molecule has 6 heteroatoms. The Balaban J connectivity index is 2.16. The molecule has 1 atom stereocenters. The van der Waals surface area contributed by atoms with Crippen molar-refractivity contribution in [2.75, 3.05) is 7.11 Å². The van der Waals surface area contributed by atoms with Gasteiger partial charge in [-0.3, -0.25) is 4.68 Å². The lowest BCUT2D eigenvalue weighted by molar-refractivity contribution is 0.304. The predicted octanol–water partition coefficient (Wildman–Crippen LogP) is 1.70. The highest BCUT2D eigenvalue weighted by molar-refractivity contribution is 5.85. The van der Waals surface area contributed by atoms with Crippen molar-refractivity contribution in [2.45, 2.75) is 32.9 Å². The van der Waals surface area contributed by atoms with E-state index in [0.29, 0.717) is 6.54 Å². The Labute approximate surface area is 122 Å². The van der Waals surface area contributed by atoms with Gasteiger partial charge in [0, 0.05) is 22.2 Å². The molecular weight excluding hydrogens is 266 g/mol. The van der Waals surface area contributed by atoms with Crippen molar-refractivity contribution in [2.24, 2.45) is 5.11 Å². The second kappa shape index (κ2) is 5.14. The van der Waals surface area contributed by atoms with E-state index in [1.807, 2.05) is 24.6 Å². The maximum Gasteiger partial charge on any atom is 0.126 e. The van der Waals surface area contributed by atoms with E-state index in [1.54, 1.807) is 7.11 Å². The van der Waals surface area contributed by atoms with E-state index in [0.717, 1.165) is 28.8 Å². The third-order valence-corrected chi connectivity index (χ3v) is 3.84.